The fraction of sp³-hybridized carbons (Fsp3) is 0.188. The third kappa shape index (κ3) is 2.92. The molecule has 2 heterocycles. The highest BCUT2D eigenvalue weighted by Crippen LogP contribution is 2.27. The maximum atomic E-state index is 13.7. The summed E-state index contributed by atoms with van der Waals surface area (Å²) >= 11 is 7.33. The number of para-hydroxylation sites is 1. The molecule has 0 saturated carbocycles. The second-order valence-electron chi connectivity index (χ2n) is 5.24. The van der Waals surface area contributed by atoms with Gasteiger partial charge in [-0.15, -0.1) is 0 Å². The summed E-state index contributed by atoms with van der Waals surface area (Å²) in [6.45, 7) is 5.36. The molecule has 0 fully saturated rings. The number of anilines is 1. The van der Waals surface area contributed by atoms with Gasteiger partial charge < -0.3 is 5.32 Å². The zero-order valence-electron chi connectivity index (χ0n) is 13.2. The minimum atomic E-state index is -0.487. The molecule has 3 rings (SSSR count). The molecule has 124 valence electrons. The van der Waals surface area contributed by atoms with Gasteiger partial charge in [0.2, 0.25) is 5.13 Å². The molecule has 1 amide bonds. The predicted molar refractivity (Wildman–Crippen MR) is 92.8 cm³/mol. The van der Waals surface area contributed by atoms with Crippen molar-refractivity contribution in [2.24, 2.45) is 0 Å². The lowest BCUT2D eigenvalue weighted by atomic mass is 10.3. The second-order valence-corrected chi connectivity index (χ2v) is 6.60. The molecule has 0 radical (unpaired) electrons. The lowest BCUT2D eigenvalue weighted by Gasteiger charge is -2.04. The quantitative estimate of drug-likeness (QED) is 0.753. The summed E-state index contributed by atoms with van der Waals surface area (Å²) in [5, 5.41) is 8.01. The largest absolute Gasteiger partial charge is 0.319 e. The Balaban J connectivity index is 1.93. The fourth-order valence-electron chi connectivity index (χ4n) is 2.24. The minimum Gasteiger partial charge on any atom is -0.319 e. The molecular weight excluding hydrogens is 351 g/mol. The van der Waals surface area contributed by atoms with Crippen molar-refractivity contribution < 1.29 is 9.18 Å². The van der Waals surface area contributed by atoms with Gasteiger partial charge >= 0.3 is 0 Å². The third-order valence-electron chi connectivity index (χ3n) is 3.50. The van der Waals surface area contributed by atoms with Crippen molar-refractivity contribution in [2.75, 3.05) is 5.32 Å². The number of aryl methyl sites for hydroxylation is 2. The van der Waals surface area contributed by atoms with E-state index < -0.39 is 11.7 Å². The molecule has 1 N–H and O–H groups in total. The van der Waals surface area contributed by atoms with E-state index in [4.69, 9.17) is 11.6 Å². The van der Waals surface area contributed by atoms with Gasteiger partial charge in [-0.1, -0.05) is 35.1 Å². The van der Waals surface area contributed by atoms with Crippen LogP contribution in [-0.4, -0.2) is 20.7 Å². The molecule has 0 unspecified atom stereocenters. The van der Waals surface area contributed by atoms with Crippen molar-refractivity contribution in [2.45, 2.75) is 20.8 Å². The molecule has 0 atom stereocenters. The molecule has 1 aromatic carbocycles. The molecule has 3 aromatic rings. The van der Waals surface area contributed by atoms with E-state index in [0.29, 0.717) is 26.4 Å². The molecule has 0 saturated heterocycles. The SMILES string of the molecule is Cc1nc(-n2nc(C)c(Cl)c2C)sc1C(=O)Nc1ccccc1F. The topological polar surface area (TPSA) is 59.8 Å². The Morgan fingerprint density at radius 3 is 2.58 bits per heavy atom. The summed E-state index contributed by atoms with van der Waals surface area (Å²) < 4.78 is 15.3. The van der Waals surface area contributed by atoms with Crippen molar-refractivity contribution in [3.05, 3.63) is 57.1 Å². The molecule has 8 heteroatoms. The van der Waals surface area contributed by atoms with Crippen LogP contribution in [0.3, 0.4) is 0 Å². The van der Waals surface area contributed by atoms with Crippen LogP contribution in [0.1, 0.15) is 26.8 Å². The van der Waals surface area contributed by atoms with Crippen molar-refractivity contribution >= 4 is 34.5 Å². The molecule has 0 aliphatic heterocycles. The van der Waals surface area contributed by atoms with Crippen LogP contribution in [0.5, 0.6) is 0 Å². The first-order valence-electron chi connectivity index (χ1n) is 7.14. The normalized spacial score (nSPS) is 10.9. The van der Waals surface area contributed by atoms with Crippen LogP contribution in [0.15, 0.2) is 24.3 Å². The summed E-state index contributed by atoms with van der Waals surface area (Å²) in [5.74, 6) is -0.896. The Morgan fingerprint density at radius 2 is 1.96 bits per heavy atom. The third-order valence-corrected chi connectivity index (χ3v) is 5.18. The molecule has 0 aliphatic rings. The van der Waals surface area contributed by atoms with Gasteiger partial charge in [-0.25, -0.2) is 14.1 Å². The van der Waals surface area contributed by atoms with Crippen molar-refractivity contribution in [3.63, 3.8) is 0 Å². The first-order valence-corrected chi connectivity index (χ1v) is 8.33. The van der Waals surface area contributed by atoms with Crippen LogP contribution < -0.4 is 5.32 Å². The van der Waals surface area contributed by atoms with Gasteiger partial charge in [-0.05, 0) is 32.9 Å². The fourth-order valence-corrected chi connectivity index (χ4v) is 3.32. The van der Waals surface area contributed by atoms with Gasteiger partial charge in [-0.3, -0.25) is 4.79 Å². The number of halogens is 2. The lowest BCUT2D eigenvalue weighted by Crippen LogP contribution is -2.12. The first-order chi connectivity index (χ1) is 11.4. The summed E-state index contributed by atoms with van der Waals surface area (Å²) in [5.41, 5.74) is 2.13. The summed E-state index contributed by atoms with van der Waals surface area (Å²) in [6.07, 6.45) is 0. The van der Waals surface area contributed by atoms with Crippen LogP contribution in [0, 0.1) is 26.6 Å². The monoisotopic (exact) mass is 364 g/mol. The summed E-state index contributed by atoms with van der Waals surface area (Å²) in [7, 11) is 0. The molecule has 24 heavy (non-hydrogen) atoms. The molecule has 0 bridgehead atoms. The second kappa shape index (κ2) is 6.33. The molecular formula is C16H14ClFN4OS. The number of thiazole rings is 1. The van der Waals surface area contributed by atoms with Crippen molar-refractivity contribution in [1.29, 1.82) is 0 Å². The van der Waals surface area contributed by atoms with Gasteiger partial charge in [-0.2, -0.15) is 5.10 Å². The maximum absolute atomic E-state index is 13.7. The number of carbonyl (C=O) groups is 1. The number of nitrogens with one attached hydrogen (secondary N) is 1. The number of amides is 1. The zero-order valence-corrected chi connectivity index (χ0v) is 14.8. The predicted octanol–water partition coefficient (Wildman–Crippen LogP) is 4.30. The van der Waals surface area contributed by atoms with E-state index in [1.54, 1.807) is 30.7 Å². The van der Waals surface area contributed by atoms with E-state index in [1.165, 1.54) is 23.5 Å². The smallest absolute Gasteiger partial charge is 0.267 e. The van der Waals surface area contributed by atoms with Gasteiger partial charge in [0.1, 0.15) is 10.7 Å². The molecule has 2 aromatic heterocycles. The van der Waals surface area contributed by atoms with E-state index >= 15 is 0 Å². The first kappa shape index (κ1) is 16.6. The highest BCUT2D eigenvalue weighted by molar-refractivity contribution is 7.16. The average molecular weight is 365 g/mol. The minimum absolute atomic E-state index is 0.131. The average Bonchev–Trinajstić information content (AvgIpc) is 3.05. The number of hydrogen-bond acceptors (Lipinski definition) is 4. The van der Waals surface area contributed by atoms with E-state index in [-0.39, 0.29) is 5.69 Å². The van der Waals surface area contributed by atoms with Crippen molar-refractivity contribution in [3.8, 4) is 5.13 Å². The van der Waals surface area contributed by atoms with Crippen LogP contribution in [-0.2, 0) is 0 Å². The van der Waals surface area contributed by atoms with E-state index in [0.717, 1.165) is 5.69 Å². The van der Waals surface area contributed by atoms with Crippen molar-refractivity contribution in [1.82, 2.24) is 14.8 Å². The Bertz CT molecular complexity index is 934. The summed E-state index contributed by atoms with van der Waals surface area (Å²) in [4.78, 5) is 17.2. The van der Waals surface area contributed by atoms with Crippen LogP contribution in [0.4, 0.5) is 10.1 Å². The lowest BCUT2D eigenvalue weighted by molar-refractivity contribution is 0.102. The standard InChI is InChI=1S/C16H14ClFN4OS/c1-8-13(17)10(3)22(21-8)16-19-9(2)14(24-16)15(23)20-12-7-5-4-6-11(12)18/h4-7H,1-3H3,(H,20,23). The number of benzene rings is 1. The summed E-state index contributed by atoms with van der Waals surface area (Å²) in [6, 6.07) is 6.01. The Morgan fingerprint density at radius 1 is 1.25 bits per heavy atom. The molecule has 0 aliphatic carbocycles. The van der Waals surface area contributed by atoms with Crippen LogP contribution in [0.2, 0.25) is 5.02 Å². The Labute approximate surface area is 147 Å². The number of nitrogens with zero attached hydrogens (tertiary/aromatic N) is 3. The van der Waals surface area contributed by atoms with Gasteiger partial charge in [0, 0.05) is 0 Å². The molecule has 5 nitrogen and oxygen atoms in total. The Kier molecular flexibility index (Phi) is 4.38. The van der Waals surface area contributed by atoms with E-state index in [9.17, 15) is 9.18 Å². The zero-order chi connectivity index (χ0) is 17.4. The number of hydrogen-bond donors (Lipinski definition) is 1. The Hall–Kier alpha value is -2.25. The number of carbonyl (C=O) groups excluding carboxylic acids is 1. The van der Waals surface area contributed by atoms with Gasteiger partial charge in [0.25, 0.3) is 5.91 Å². The highest BCUT2D eigenvalue weighted by Gasteiger charge is 2.20. The maximum Gasteiger partial charge on any atom is 0.267 e. The van der Waals surface area contributed by atoms with E-state index in [1.807, 2.05) is 6.92 Å². The number of rotatable bonds is 3. The van der Waals surface area contributed by atoms with Crippen LogP contribution in [0.25, 0.3) is 5.13 Å². The van der Waals surface area contributed by atoms with E-state index in [2.05, 4.69) is 15.4 Å². The molecule has 0 spiro atoms. The van der Waals surface area contributed by atoms with Gasteiger partial charge in [0.15, 0.2) is 0 Å². The van der Waals surface area contributed by atoms with Crippen LogP contribution >= 0.6 is 22.9 Å². The van der Waals surface area contributed by atoms with Gasteiger partial charge in [0.05, 0.1) is 27.8 Å². The highest BCUT2D eigenvalue weighted by atomic mass is 35.5. The number of aromatic nitrogens is 3.